The van der Waals surface area contributed by atoms with Crippen LogP contribution in [0.5, 0.6) is 0 Å². The van der Waals surface area contributed by atoms with Gasteiger partial charge in [-0.25, -0.2) is 0 Å². The van der Waals surface area contributed by atoms with Gasteiger partial charge in [0.1, 0.15) is 0 Å². The Labute approximate surface area is 100 Å². The van der Waals surface area contributed by atoms with Gasteiger partial charge >= 0.3 is 0 Å². The van der Waals surface area contributed by atoms with Crippen LogP contribution in [0.15, 0.2) is 0 Å². The summed E-state index contributed by atoms with van der Waals surface area (Å²) in [6.07, 6.45) is 6.24. The predicted molar refractivity (Wildman–Crippen MR) is 68.6 cm³/mol. The van der Waals surface area contributed by atoms with E-state index in [1.807, 2.05) is 0 Å². The molecule has 2 atom stereocenters. The van der Waals surface area contributed by atoms with Gasteiger partial charge in [-0.1, -0.05) is 19.8 Å². The second-order valence-corrected chi connectivity index (χ2v) is 5.19. The van der Waals surface area contributed by atoms with Gasteiger partial charge in [-0.2, -0.15) is 0 Å². The van der Waals surface area contributed by atoms with Crippen molar-refractivity contribution >= 4 is 0 Å². The lowest BCUT2D eigenvalue weighted by atomic mass is 9.90. The van der Waals surface area contributed by atoms with Crippen LogP contribution in [0.1, 0.15) is 39.0 Å². The van der Waals surface area contributed by atoms with Crippen LogP contribution >= 0.6 is 0 Å². The minimum Gasteiger partial charge on any atom is -0.396 e. The van der Waals surface area contributed by atoms with Gasteiger partial charge in [-0.3, -0.25) is 0 Å². The van der Waals surface area contributed by atoms with Crippen molar-refractivity contribution in [3.63, 3.8) is 0 Å². The Morgan fingerprint density at radius 2 is 2.12 bits per heavy atom. The molecule has 1 saturated heterocycles. The first-order chi connectivity index (χ1) is 7.76. The molecule has 1 aliphatic heterocycles. The van der Waals surface area contributed by atoms with Gasteiger partial charge in [0.15, 0.2) is 0 Å². The molecule has 0 aromatic heterocycles. The monoisotopic (exact) mass is 228 g/mol. The van der Waals surface area contributed by atoms with E-state index >= 15 is 0 Å². The van der Waals surface area contributed by atoms with Crippen LogP contribution in [0.3, 0.4) is 0 Å². The summed E-state index contributed by atoms with van der Waals surface area (Å²) >= 11 is 0. The number of nitrogens with one attached hydrogen (secondary N) is 1. The Kier molecular flexibility index (Phi) is 7.01. The lowest BCUT2D eigenvalue weighted by Crippen LogP contribution is -2.47. The van der Waals surface area contributed by atoms with Gasteiger partial charge in [0.05, 0.1) is 0 Å². The fraction of sp³-hybridized carbons (Fsp3) is 1.00. The van der Waals surface area contributed by atoms with E-state index in [9.17, 15) is 0 Å². The molecule has 1 heterocycles. The first kappa shape index (κ1) is 13.9. The van der Waals surface area contributed by atoms with E-state index in [0.717, 1.165) is 25.4 Å². The summed E-state index contributed by atoms with van der Waals surface area (Å²) in [5.41, 5.74) is 0. The summed E-state index contributed by atoms with van der Waals surface area (Å²) in [7, 11) is 2.22. The van der Waals surface area contributed by atoms with E-state index in [1.165, 1.54) is 32.2 Å². The van der Waals surface area contributed by atoms with E-state index in [1.54, 1.807) is 0 Å². The molecule has 96 valence electrons. The largest absolute Gasteiger partial charge is 0.396 e. The van der Waals surface area contributed by atoms with Crippen LogP contribution in [0.4, 0.5) is 0 Å². The number of hydrogen-bond acceptors (Lipinski definition) is 3. The van der Waals surface area contributed by atoms with E-state index in [2.05, 4.69) is 24.2 Å². The summed E-state index contributed by atoms with van der Waals surface area (Å²) in [6.45, 7) is 5.94. The zero-order chi connectivity index (χ0) is 11.8. The number of rotatable bonds is 7. The Hall–Kier alpha value is -0.120. The quantitative estimate of drug-likeness (QED) is 0.648. The van der Waals surface area contributed by atoms with Crippen LogP contribution in [-0.2, 0) is 0 Å². The van der Waals surface area contributed by atoms with Crippen LogP contribution in [0.2, 0.25) is 0 Å². The van der Waals surface area contributed by atoms with Crippen molar-refractivity contribution in [2.45, 2.75) is 45.1 Å². The van der Waals surface area contributed by atoms with Crippen LogP contribution in [0, 0.1) is 5.92 Å². The maximum Gasteiger partial charge on any atom is 0.0443 e. The average molecular weight is 228 g/mol. The van der Waals surface area contributed by atoms with Crippen molar-refractivity contribution in [1.82, 2.24) is 10.2 Å². The lowest BCUT2D eigenvalue weighted by molar-refractivity contribution is 0.159. The minimum atomic E-state index is 0.300. The fourth-order valence-electron chi connectivity index (χ4n) is 2.68. The topological polar surface area (TPSA) is 35.5 Å². The molecule has 16 heavy (non-hydrogen) atoms. The maximum atomic E-state index is 8.77. The van der Waals surface area contributed by atoms with Crippen molar-refractivity contribution in [3.05, 3.63) is 0 Å². The molecule has 3 nitrogen and oxygen atoms in total. The number of likely N-dealkylation sites (N-methyl/N-ethyl adjacent to an activating group) is 1. The maximum absolute atomic E-state index is 8.77. The number of hydrogen-bond donors (Lipinski definition) is 2. The summed E-state index contributed by atoms with van der Waals surface area (Å²) in [5, 5.41) is 12.3. The Morgan fingerprint density at radius 1 is 1.31 bits per heavy atom. The van der Waals surface area contributed by atoms with Crippen LogP contribution in [0.25, 0.3) is 0 Å². The fourth-order valence-corrected chi connectivity index (χ4v) is 2.68. The van der Waals surface area contributed by atoms with Crippen molar-refractivity contribution in [3.8, 4) is 0 Å². The molecule has 0 bridgehead atoms. The summed E-state index contributed by atoms with van der Waals surface area (Å²) in [4.78, 5) is 2.44. The highest BCUT2D eigenvalue weighted by Crippen LogP contribution is 2.21. The summed E-state index contributed by atoms with van der Waals surface area (Å²) in [5.74, 6) is 0.866. The van der Waals surface area contributed by atoms with E-state index in [4.69, 9.17) is 5.11 Å². The standard InChI is InChI=1S/C13H28N2O/c1-3-4-6-12-9-13(11-15(2)10-12)14-7-5-8-16/h12-14,16H,3-11H2,1-2H3. The highest BCUT2D eigenvalue weighted by molar-refractivity contribution is 4.81. The molecule has 0 aliphatic carbocycles. The molecule has 1 aliphatic rings. The van der Waals surface area contributed by atoms with Crippen molar-refractivity contribution in [2.24, 2.45) is 5.92 Å². The third kappa shape index (κ3) is 5.28. The number of likely N-dealkylation sites (tertiary alicyclic amines) is 1. The van der Waals surface area contributed by atoms with E-state index < -0.39 is 0 Å². The molecule has 3 heteroatoms. The van der Waals surface area contributed by atoms with Gasteiger partial charge in [-0.15, -0.1) is 0 Å². The number of nitrogens with zero attached hydrogens (tertiary/aromatic N) is 1. The number of aliphatic hydroxyl groups excluding tert-OH is 1. The highest BCUT2D eigenvalue weighted by atomic mass is 16.3. The third-order valence-corrected chi connectivity index (χ3v) is 3.45. The van der Waals surface area contributed by atoms with Crippen LogP contribution < -0.4 is 5.32 Å². The number of unbranched alkanes of at least 4 members (excludes halogenated alkanes) is 1. The van der Waals surface area contributed by atoms with Gasteiger partial charge < -0.3 is 15.3 Å². The third-order valence-electron chi connectivity index (χ3n) is 3.45. The molecule has 2 unspecified atom stereocenters. The van der Waals surface area contributed by atoms with Gasteiger partial charge in [0, 0.05) is 25.7 Å². The normalized spacial score (nSPS) is 27.2. The number of piperidine rings is 1. The SMILES string of the molecule is CCCCC1CC(NCCCO)CN(C)C1. The molecular formula is C13H28N2O. The molecule has 2 N–H and O–H groups in total. The summed E-state index contributed by atoms with van der Waals surface area (Å²) < 4.78 is 0. The molecule has 1 fully saturated rings. The second-order valence-electron chi connectivity index (χ2n) is 5.19. The Balaban J connectivity index is 2.23. The Bertz CT molecular complexity index is 175. The Morgan fingerprint density at radius 3 is 2.81 bits per heavy atom. The minimum absolute atomic E-state index is 0.300. The van der Waals surface area contributed by atoms with Crippen LogP contribution in [-0.4, -0.2) is 49.3 Å². The van der Waals surface area contributed by atoms with Crippen molar-refractivity contribution in [2.75, 3.05) is 33.3 Å². The lowest BCUT2D eigenvalue weighted by Gasteiger charge is -2.36. The average Bonchev–Trinajstić information content (AvgIpc) is 2.26. The van der Waals surface area contributed by atoms with Crippen molar-refractivity contribution < 1.29 is 5.11 Å². The molecular weight excluding hydrogens is 200 g/mol. The molecule has 0 aromatic rings. The summed E-state index contributed by atoms with van der Waals surface area (Å²) in [6, 6.07) is 0.632. The van der Waals surface area contributed by atoms with Crippen molar-refractivity contribution in [1.29, 1.82) is 0 Å². The molecule has 0 spiro atoms. The first-order valence-corrected chi connectivity index (χ1v) is 6.79. The molecule has 0 aromatic carbocycles. The highest BCUT2D eigenvalue weighted by Gasteiger charge is 2.24. The second kappa shape index (κ2) is 8.04. The molecule has 1 rings (SSSR count). The molecule has 0 saturated carbocycles. The van der Waals surface area contributed by atoms with Gasteiger partial charge in [0.2, 0.25) is 0 Å². The zero-order valence-electron chi connectivity index (χ0n) is 10.9. The first-order valence-electron chi connectivity index (χ1n) is 6.79. The smallest absolute Gasteiger partial charge is 0.0443 e. The van der Waals surface area contributed by atoms with Gasteiger partial charge in [-0.05, 0) is 38.8 Å². The number of aliphatic hydroxyl groups is 1. The molecule has 0 radical (unpaired) electrons. The molecule has 0 amide bonds. The van der Waals surface area contributed by atoms with Gasteiger partial charge in [0.25, 0.3) is 0 Å². The predicted octanol–water partition coefficient (Wildman–Crippen LogP) is 1.47. The van der Waals surface area contributed by atoms with E-state index in [0.29, 0.717) is 12.6 Å². The zero-order valence-corrected chi connectivity index (χ0v) is 10.9. The van der Waals surface area contributed by atoms with E-state index in [-0.39, 0.29) is 0 Å².